The first-order valence-electron chi connectivity index (χ1n) is 8.81. The van der Waals surface area contributed by atoms with E-state index in [4.69, 9.17) is 9.47 Å². The first-order valence-corrected chi connectivity index (χ1v) is 8.81. The minimum absolute atomic E-state index is 0.164. The van der Waals surface area contributed by atoms with Crippen molar-refractivity contribution >= 4 is 28.7 Å². The first kappa shape index (κ1) is 20.1. The lowest BCUT2D eigenvalue weighted by molar-refractivity contribution is -0.149. The fraction of sp³-hybridized carbons (Fsp3) is 0.190. The van der Waals surface area contributed by atoms with Gasteiger partial charge in [-0.15, -0.1) is 0 Å². The molecule has 1 heterocycles. The number of rotatable bonds is 7. The summed E-state index contributed by atoms with van der Waals surface area (Å²) in [5.41, 5.74) is 1.73. The fourth-order valence-electron chi connectivity index (χ4n) is 2.83. The van der Waals surface area contributed by atoms with E-state index in [1.54, 1.807) is 41.0 Å². The lowest BCUT2D eigenvalue weighted by atomic mass is 10.2. The molecule has 150 valence electrons. The van der Waals surface area contributed by atoms with Crippen LogP contribution in [0.15, 0.2) is 54.7 Å². The predicted octanol–water partition coefficient (Wildman–Crippen LogP) is 2.43. The molecule has 29 heavy (non-hydrogen) atoms. The Bertz CT molecular complexity index is 1040. The molecule has 0 spiro atoms. The van der Waals surface area contributed by atoms with E-state index in [1.807, 2.05) is 0 Å². The van der Waals surface area contributed by atoms with Crippen LogP contribution in [0.2, 0.25) is 0 Å². The quantitative estimate of drug-likeness (QED) is 0.618. The number of fused-ring (bicyclic) bond motifs is 1. The Morgan fingerprint density at radius 1 is 1.07 bits per heavy atom. The Balaban J connectivity index is 1.56. The Morgan fingerprint density at radius 3 is 2.52 bits per heavy atom. The van der Waals surface area contributed by atoms with E-state index in [9.17, 15) is 18.8 Å². The number of aromatic nitrogens is 1. The molecule has 2 aromatic carbocycles. The standard InChI is InChI=1S/C21H19FN2O5/c1-28-21(27)17-11-24(18-5-3-2-4-16(17)18)12-20(26)29-13-19(25)23-10-14-6-8-15(22)9-7-14/h2-9,11H,10,12-13H2,1H3,(H,23,25). The lowest BCUT2D eigenvalue weighted by Crippen LogP contribution is -2.29. The maximum absolute atomic E-state index is 12.9. The number of nitrogens with one attached hydrogen (secondary N) is 1. The second kappa shape index (κ2) is 9.01. The molecule has 0 aliphatic rings. The zero-order valence-corrected chi connectivity index (χ0v) is 15.7. The number of carbonyl (C=O) groups excluding carboxylic acids is 3. The number of nitrogens with zero attached hydrogens (tertiary/aromatic N) is 1. The number of esters is 2. The number of para-hydroxylation sites is 1. The molecule has 3 rings (SSSR count). The zero-order chi connectivity index (χ0) is 20.8. The number of ether oxygens (including phenoxy) is 2. The third-order valence-electron chi connectivity index (χ3n) is 4.26. The molecule has 1 aromatic heterocycles. The number of carbonyl (C=O) groups is 3. The fourth-order valence-corrected chi connectivity index (χ4v) is 2.83. The average Bonchev–Trinajstić information content (AvgIpc) is 3.10. The van der Waals surface area contributed by atoms with Gasteiger partial charge in [-0.3, -0.25) is 9.59 Å². The van der Waals surface area contributed by atoms with Crippen LogP contribution in [0.3, 0.4) is 0 Å². The molecule has 0 bridgehead atoms. The minimum atomic E-state index is -0.626. The normalized spacial score (nSPS) is 10.6. The maximum Gasteiger partial charge on any atom is 0.340 e. The largest absolute Gasteiger partial charge is 0.465 e. The Hall–Kier alpha value is -3.68. The monoisotopic (exact) mass is 398 g/mol. The average molecular weight is 398 g/mol. The van der Waals surface area contributed by atoms with E-state index < -0.39 is 24.5 Å². The van der Waals surface area contributed by atoms with Crippen LogP contribution in [0.5, 0.6) is 0 Å². The summed E-state index contributed by atoms with van der Waals surface area (Å²) in [6, 6.07) is 12.8. The summed E-state index contributed by atoms with van der Waals surface area (Å²) in [5, 5.41) is 3.24. The van der Waals surface area contributed by atoms with E-state index in [-0.39, 0.29) is 18.9 Å². The molecular weight excluding hydrogens is 379 g/mol. The summed E-state index contributed by atoms with van der Waals surface area (Å²) >= 11 is 0. The summed E-state index contributed by atoms with van der Waals surface area (Å²) in [7, 11) is 1.28. The van der Waals surface area contributed by atoms with Crippen molar-refractivity contribution < 1.29 is 28.2 Å². The van der Waals surface area contributed by atoms with Gasteiger partial charge in [0, 0.05) is 23.6 Å². The van der Waals surface area contributed by atoms with Crippen molar-refractivity contribution in [3.63, 3.8) is 0 Å². The van der Waals surface area contributed by atoms with E-state index in [0.717, 1.165) is 5.56 Å². The number of halogens is 1. The molecule has 7 nitrogen and oxygen atoms in total. The van der Waals surface area contributed by atoms with Gasteiger partial charge in [0.1, 0.15) is 12.4 Å². The zero-order valence-electron chi connectivity index (χ0n) is 15.7. The van der Waals surface area contributed by atoms with Crippen molar-refractivity contribution in [1.29, 1.82) is 0 Å². The Labute approximate surface area is 166 Å². The van der Waals surface area contributed by atoms with Crippen LogP contribution in [0.1, 0.15) is 15.9 Å². The summed E-state index contributed by atoms with van der Waals surface area (Å²) < 4.78 is 24.2. The SMILES string of the molecule is COC(=O)c1cn(CC(=O)OCC(=O)NCc2ccc(F)cc2)c2ccccc12. The van der Waals surface area contributed by atoms with Gasteiger partial charge in [-0.05, 0) is 23.8 Å². The van der Waals surface area contributed by atoms with Crippen molar-refractivity contribution in [3.05, 3.63) is 71.7 Å². The highest BCUT2D eigenvalue weighted by Gasteiger charge is 2.17. The van der Waals surface area contributed by atoms with E-state index in [0.29, 0.717) is 16.5 Å². The summed E-state index contributed by atoms with van der Waals surface area (Å²) in [5.74, 6) is -1.97. The number of benzene rings is 2. The number of methoxy groups -OCH3 is 1. The summed E-state index contributed by atoms with van der Waals surface area (Å²) in [4.78, 5) is 35.9. The molecule has 0 aliphatic heterocycles. The van der Waals surface area contributed by atoms with Crippen molar-refractivity contribution in [2.45, 2.75) is 13.1 Å². The van der Waals surface area contributed by atoms with Crippen LogP contribution in [-0.4, -0.2) is 36.1 Å². The molecule has 0 unspecified atom stereocenters. The Morgan fingerprint density at radius 2 is 1.79 bits per heavy atom. The molecule has 0 saturated carbocycles. The maximum atomic E-state index is 12.9. The van der Waals surface area contributed by atoms with Crippen molar-refractivity contribution in [2.24, 2.45) is 0 Å². The minimum Gasteiger partial charge on any atom is -0.465 e. The van der Waals surface area contributed by atoms with Crippen LogP contribution >= 0.6 is 0 Å². The van der Waals surface area contributed by atoms with Gasteiger partial charge in [0.15, 0.2) is 6.61 Å². The molecule has 3 aromatic rings. The van der Waals surface area contributed by atoms with E-state index >= 15 is 0 Å². The second-order valence-electron chi connectivity index (χ2n) is 6.24. The molecule has 1 N–H and O–H groups in total. The van der Waals surface area contributed by atoms with Gasteiger partial charge in [-0.25, -0.2) is 9.18 Å². The smallest absolute Gasteiger partial charge is 0.340 e. The summed E-state index contributed by atoms with van der Waals surface area (Å²) in [6.07, 6.45) is 1.52. The number of amides is 1. The highest BCUT2D eigenvalue weighted by Crippen LogP contribution is 2.22. The molecule has 0 aliphatic carbocycles. The van der Waals surface area contributed by atoms with Gasteiger partial charge < -0.3 is 19.4 Å². The molecule has 0 saturated heterocycles. The van der Waals surface area contributed by atoms with Crippen LogP contribution in [-0.2, 0) is 32.2 Å². The van der Waals surface area contributed by atoms with Crippen LogP contribution in [0.25, 0.3) is 10.9 Å². The summed E-state index contributed by atoms with van der Waals surface area (Å²) in [6.45, 7) is -0.409. The van der Waals surface area contributed by atoms with Gasteiger partial charge in [0.2, 0.25) is 0 Å². The third-order valence-corrected chi connectivity index (χ3v) is 4.26. The second-order valence-corrected chi connectivity index (χ2v) is 6.24. The van der Waals surface area contributed by atoms with Crippen LogP contribution in [0, 0.1) is 5.82 Å². The van der Waals surface area contributed by atoms with Crippen molar-refractivity contribution in [2.75, 3.05) is 13.7 Å². The van der Waals surface area contributed by atoms with Crippen LogP contribution in [0.4, 0.5) is 4.39 Å². The van der Waals surface area contributed by atoms with Crippen molar-refractivity contribution in [3.8, 4) is 0 Å². The number of hydrogen-bond acceptors (Lipinski definition) is 5. The highest BCUT2D eigenvalue weighted by atomic mass is 19.1. The molecule has 1 amide bonds. The topological polar surface area (TPSA) is 86.6 Å². The van der Waals surface area contributed by atoms with Gasteiger partial charge >= 0.3 is 11.9 Å². The highest BCUT2D eigenvalue weighted by molar-refractivity contribution is 6.04. The Kier molecular flexibility index (Phi) is 6.23. The molecule has 8 heteroatoms. The molecule has 0 fully saturated rings. The van der Waals surface area contributed by atoms with Gasteiger partial charge in [0.25, 0.3) is 5.91 Å². The van der Waals surface area contributed by atoms with E-state index in [1.165, 1.54) is 25.4 Å². The molecular formula is C21H19FN2O5. The molecule has 0 radical (unpaired) electrons. The van der Waals surface area contributed by atoms with Gasteiger partial charge in [-0.1, -0.05) is 30.3 Å². The lowest BCUT2D eigenvalue weighted by Gasteiger charge is -2.08. The van der Waals surface area contributed by atoms with Gasteiger partial charge in [-0.2, -0.15) is 0 Å². The van der Waals surface area contributed by atoms with E-state index in [2.05, 4.69) is 5.32 Å². The number of hydrogen-bond donors (Lipinski definition) is 1. The van der Waals surface area contributed by atoms with Crippen molar-refractivity contribution in [1.82, 2.24) is 9.88 Å². The third kappa shape index (κ3) is 4.98. The van der Waals surface area contributed by atoms with Gasteiger partial charge in [0.05, 0.1) is 12.7 Å². The first-order chi connectivity index (χ1) is 14.0. The predicted molar refractivity (Wildman–Crippen MR) is 102 cm³/mol. The van der Waals surface area contributed by atoms with Crippen LogP contribution < -0.4 is 5.32 Å². The molecule has 0 atom stereocenters.